The Kier molecular flexibility index (Phi) is 16.0. The number of hydrogen-bond acceptors (Lipinski definition) is 11. The number of para-hydroxylation sites is 1. The Bertz CT molecular complexity index is 1890. The first-order chi connectivity index (χ1) is 27.1. The number of carboxylic acid groups (broad SMARTS) is 1. The molecule has 57 heavy (non-hydrogen) atoms. The first-order valence-electron chi connectivity index (χ1n) is 18.7. The van der Waals surface area contributed by atoms with Crippen LogP contribution in [-0.4, -0.2) is 133 Å². The second-order valence-corrected chi connectivity index (χ2v) is 14.8. The molecule has 1 aliphatic heterocycles. The molecule has 2 aromatic heterocycles. The van der Waals surface area contributed by atoms with Crippen LogP contribution in [0.3, 0.4) is 0 Å². The lowest BCUT2D eigenvalue weighted by molar-refractivity contribution is -0.143. The van der Waals surface area contributed by atoms with Crippen LogP contribution in [0.15, 0.2) is 43.0 Å². The van der Waals surface area contributed by atoms with E-state index in [-0.39, 0.29) is 43.9 Å². The fourth-order valence-electron chi connectivity index (χ4n) is 6.50. The summed E-state index contributed by atoms with van der Waals surface area (Å²) in [7, 11) is 0. The number of hydrogen-bond donors (Lipinski definition) is 11. The molecule has 0 bridgehead atoms. The molecule has 0 aliphatic carbocycles. The third-order valence-corrected chi connectivity index (χ3v) is 9.95. The molecule has 6 amide bonds. The summed E-state index contributed by atoms with van der Waals surface area (Å²) in [4.78, 5) is 104. The zero-order valence-corrected chi connectivity index (χ0v) is 32.9. The molecule has 1 aromatic carbocycles. The highest BCUT2D eigenvalue weighted by atomic mass is 32.1. The zero-order valence-electron chi connectivity index (χ0n) is 32.0. The largest absolute Gasteiger partial charge is 0.480 e. The minimum atomic E-state index is -1.29. The number of carboxylic acids is 1. The fraction of sp³-hybridized carbons (Fsp3) is 0.514. The molecule has 11 N–H and O–H groups in total. The number of carbonyl (C=O) groups excluding carboxylic acids is 6. The standard InChI is InChI=1S/C37H52N10O9S/c1-19(2)11-28(45-33(51)27(13-22-15-39-18-41-22)43-34(52)29(17-57)46-31(49)24(38)16-48)36(54)47-10-6-9-30(47)35(53)44-26(32(50)42-20(3)37(55)56)12-21-14-40-25-8-5-4-7-23(21)25/h4-5,7-8,14-15,18-20,24,26-30,40,48,57H,6,9-13,16-17,38H2,1-3H3,(H,39,41)(H,42,50)(H,43,52)(H,44,53)(H,45,51)(H,46,49)(H,55,56)/t20-,24-,26-,27-,28-,29-,30-/m0/s1. The lowest BCUT2D eigenvalue weighted by atomic mass is 10.0. The Labute approximate surface area is 334 Å². The van der Waals surface area contributed by atoms with E-state index in [0.29, 0.717) is 17.7 Å². The quantitative estimate of drug-likeness (QED) is 0.0584. The van der Waals surface area contributed by atoms with Crippen molar-refractivity contribution >= 4 is 64.9 Å². The summed E-state index contributed by atoms with van der Waals surface area (Å²) < 4.78 is 0. The molecule has 310 valence electrons. The number of aromatic amines is 2. The number of aliphatic hydroxyl groups excluding tert-OH is 1. The van der Waals surface area contributed by atoms with Gasteiger partial charge in [0.05, 0.1) is 12.9 Å². The highest BCUT2D eigenvalue weighted by molar-refractivity contribution is 7.80. The Morgan fingerprint density at radius 2 is 1.54 bits per heavy atom. The maximum atomic E-state index is 14.3. The minimum Gasteiger partial charge on any atom is -0.480 e. The molecule has 3 heterocycles. The number of nitrogens with two attached hydrogens (primary N) is 1. The molecule has 7 atom stereocenters. The van der Waals surface area contributed by atoms with Crippen LogP contribution in [0.2, 0.25) is 0 Å². The van der Waals surface area contributed by atoms with Crippen molar-refractivity contribution in [1.82, 2.24) is 46.4 Å². The number of carbonyl (C=O) groups is 7. The lowest BCUT2D eigenvalue weighted by Gasteiger charge is -2.31. The van der Waals surface area contributed by atoms with Crippen molar-refractivity contribution in [2.24, 2.45) is 11.7 Å². The Morgan fingerprint density at radius 3 is 2.19 bits per heavy atom. The number of rotatable bonds is 20. The molecule has 0 spiro atoms. The van der Waals surface area contributed by atoms with E-state index in [4.69, 9.17) is 5.73 Å². The number of benzene rings is 1. The summed E-state index contributed by atoms with van der Waals surface area (Å²) in [5, 5.41) is 32.5. The van der Waals surface area contributed by atoms with Crippen LogP contribution in [0.25, 0.3) is 10.9 Å². The van der Waals surface area contributed by atoms with Crippen LogP contribution in [0, 0.1) is 5.92 Å². The molecule has 1 saturated heterocycles. The van der Waals surface area contributed by atoms with Gasteiger partial charge in [-0.25, -0.2) is 4.98 Å². The van der Waals surface area contributed by atoms with Crippen LogP contribution in [0.5, 0.6) is 0 Å². The minimum absolute atomic E-state index is 0.0239. The van der Waals surface area contributed by atoms with Gasteiger partial charge in [-0.2, -0.15) is 12.6 Å². The van der Waals surface area contributed by atoms with Gasteiger partial charge in [-0.15, -0.1) is 0 Å². The number of aromatic nitrogens is 3. The number of amides is 6. The summed E-state index contributed by atoms with van der Waals surface area (Å²) in [6.07, 6.45) is 5.42. The number of aliphatic hydroxyl groups is 1. The van der Waals surface area contributed by atoms with Crippen LogP contribution >= 0.6 is 12.6 Å². The summed E-state index contributed by atoms with van der Waals surface area (Å²) >= 11 is 4.15. The van der Waals surface area contributed by atoms with Gasteiger partial charge in [0, 0.05) is 54.1 Å². The van der Waals surface area contributed by atoms with Gasteiger partial charge >= 0.3 is 5.97 Å². The summed E-state index contributed by atoms with van der Waals surface area (Å²) in [5.41, 5.74) is 7.58. The summed E-state index contributed by atoms with van der Waals surface area (Å²) in [5.74, 6) is -5.70. The van der Waals surface area contributed by atoms with E-state index in [9.17, 15) is 43.8 Å². The van der Waals surface area contributed by atoms with E-state index >= 15 is 0 Å². The van der Waals surface area contributed by atoms with Gasteiger partial charge in [0.1, 0.15) is 42.3 Å². The SMILES string of the molecule is CC(C)C[C@H](NC(=O)[C@H](Cc1cnc[nH]1)NC(=O)[C@H](CS)NC(=O)[C@@H](N)CO)C(=O)N1CCC[C@H]1C(=O)N[C@@H](Cc1c[nH]c2ccccc12)C(=O)N[C@@H](C)C(=O)O. The molecule has 1 aliphatic rings. The van der Waals surface area contributed by atoms with Gasteiger partial charge in [-0.3, -0.25) is 33.6 Å². The normalized spacial score (nSPS) is 17.2. The first-order valence-corrected chi connectivity index (χ1v) is 19.3. The van der Waals surface area contributed by atoms with Crippen molar-refractivity contribution in [2.45, 2.75) is 95.2 Å². The number of imidazole rings is 1. The second-order valence-electron chi connectivity index (χ2n) is 14.4. The number of H-pyrrole nitrogens is 2. The monoisotopic (exact) mass is 812 g/mol. The van der Waals surface area contributed by atoms with Gasteiger partial charge in [0.25, 0.3) is 0 Å². The first kappa shape index (κ1) is 44.2. The molecular weight excluding hydrogens is 761 g/mol. The van der Waals surface area contributed by atoms with Crippen molar-refractivity contribution in [1.29, 1.82) is 0 Å². The molecule has 20 heteroatoms. The molecule has 0 saturated carbocycles. The second kappa shape index (κ2) is 20.6. The van der Waals surface area contributed by atoms with Crippen molar-refractivity contribution in [2.75, 3.05) is 18.9 Å². The van der Waals surface area contributed by atoms with E-state index in [2.05, 4.69) is 54.2 Å². The van der Waals surface area contributed by atoms with Crippen LogP contribution in [0.4, 0.5) is 0 Å². The Morgan fingerprint density at radius 1 is 0.895 bits per heavy atom. The number of aliphatic carboxylic acids is 1. The number of nitrogens with one attached hydrogen (secondary N) is 7. The van der Waals surface area contributed by atoms with Gasteiger partial charge in [-0.1, -0.05) is 32.0 Å². The van der Waals surface area contributed by atoms with Crippen molar-refractivity contribution in [3.63, 3.8) is 0 Å². The van der Waals surface area contributed by atoms with E-state index in [0.717, 1.165) is 10.9 Å². The molecule has 1 fully saturated rings. The van der Waals surface area contributed by atoms with Crippen LogP contribution in [-0.2, 0) is 46.4 Å². The van der Waals surface area contributed by atoms with Crippen molar-refractivity contribution < 1.29 is 43.8 Å². The molecule has 0 radical (unpaired) electrons. The van der Waals surface area contributed by atoms with Crippen LogP contribution in [0.1, 0.15) is 51.3 Å². The van der Waals surface area contributed by atoms with E-state index < -0.39 is 90.3 Å². The van der Waals surface area contributed by atoms with E-state index in [1.165, 1.54) is 24.3 Å². The molecule has 3 aromatic rings. The topological polar surface area (TPSA) is 294 Å². The molecular formula is C37H52N10O9S. The fourth-order valence-corrected chi connectivity index (χ4v) is 6.75. The zero-order chi connectivity index (χ0) is 41.8. The highest BCUT2D eigenvalue weighted by Gasteiger charge is 2.40. The third-order valence-electron chi connectivity index (χ3n) is 9.58. The smallest absolute Gasteiger partial charge is 0.325 e. The predicted octanol–water partition coefficient (Wildman–Crippen LogP) is -1.51. The predicted molar refractivity (Wildman–Crippen MR) is 210 cm³/mol. The Hall–Kier alpha value is -5.47. The van der Waals surface area contributed by atoms with Gasteiger partial charge < -0.3 is 57.4 Å². The number of fused-ring (bicyclic) bond motifs is 1. The van der Waals surface area contributed by atoms with Gasteiger partial charge in [0.15, 0.2) is 0 Å². The molecule has 4 rings (SSSR count). The van der Waals surface area contributed by atoms with Gasteiger partial charge in [0.2, 0.25) is 35.4 Å². The van der Waals surface area contributed by atoms with Gasteiger partial charge in [-0.05, 0) is 43.7 Å². The lowest BCUT2D eigenvalue weighted by Crippen LogP contribution is -2.60. The molecule has 19 nitrogen and oxygen atoms in total. The molecule has 0 unspecified atom stereocenters. The average molecular weight is 813 g/mol. The number of likely N-dealkylation sites (tertiary alicyclic amines) is 1. The third kappa shape index (κ3) is 12.0. The van der Waals surface area contributed by atoms with Crippen LogP contribution < -0.4 is 32.3 Å². The number of thiol groups is 1. The number of nitrogens with zero attached hydrogens (tertiary/aromatic N) is 2. The summed E-state index contributed by atoms with van der Waals surface area (Å²) in [6, 6.07) is -0.950. The maximum absolute atomic E-state index is 14.3. The van der Waals surface area contributed by atoms with Crippen molar-refractivity contribution in [3.8, 4) is 0 Å². The summed E-state index contributed by atoms with van der Waals surface area (Å²) in [6.45, 7) is 4.54. The van der Waals surface area contributed by atoms with E-state index in [1.54, 1.807) is 6.20 Å². The Balaban J connectivity index is 1.53. The van der Waals surface area contributed by atoms with Crippen molar-refractivity contribution in [3.05, 3.63) is 54.2 Å². The maximum Gasteiger partial charge on any atom is 0.325 e. The highest BCUT2D eigenvalue weighted by Crippen LogP contribution is 2.23. The average Bonchev–Trinajstić information content (AvgIpc) is 3.97. The van der Waals surface area contributed by atoms with E-state index in [1.807, 2.05) is 38.1 Å².